The van der Waals surface area contributed by atoms with Crippen molar-refractivity contribution in [2.75, 3.05) is 32.7 Å². The molecule has 0 aliphatic carbocycles. The molecular formula is C12H20N2O4. The van der Waals surface area contributed by atoms with Crippen molar-refractivity contribution in [2.24, 2.45) is 0 Å². The van der Waals surface area contributed by atoms with Gasteiger partial charge in [-0.2, -0.15) is 0 Å². The lowest BCUT2D eigenvalue weighted by atomic mass is 9.91. The Morgan fingerprint density at radius 3 is 2.61 bits per heavy atom. The maximum Gasteiger partial charge on any atom is 0.410 e. The number of carbonyl (C=O) groups excluding carboxylic acids is 1. The molecule has 1 amide bonds. The van der Waals surface area contributed by atoms with Crippen molar-refractivity contribution in [3.05, 3.63) is 0 Å². The molecule has 2 saturated heterocycles. The summed E-state index contributed by atoms with van der Waals surface area (Å²) in [6, 6.07) is 0. The molecule has 0 aromatic carbocycles. The summed E-state index contributed by atoms with van der Waals surface area (Å²) in [7, 11) is 0. The molecule has 2 rings (SSSR count). The number of nitrogens with zero attached hydrogens (tertiary/aromatic N) is 2. The van der Waals surface area contributed by atoms with Crippen LogP contribution in [0.1, 0.15) is 26.2 Å². The number of hydrogen-bond acceptors (Lipinski definition) is 4. The molecule has 2 heterocycles. The number of hydrogen-bond donors (Lipinski definition) is 1. The third-order valence-corrected chi connectivity index (χ3v) is 3.83. The average molecular weight is 256 g/mol. The molecule has 6 nitrogen and oxygen atoms in total. The number of aliphatic carboxylic acids is 1. The first-order valence-electron chi connectivity index (χ1n) is 6.47. The van der Waals surface area contributed by atoms with Crippen LogP contribution in [-0.4, -0.2) is 65.3 Å². The second kappa shape index (κ2) is 5.14. The van der Waals surface area contributed by atoms with Crippen molar-refractivity contribution in [1.29, 1.82) is 0 Å². The number of rotatable bonds is 4. The highest BCUT2D eigenvalue weighted by atomic mass is 16.6. The molecule has 1 N–H and O–H groups in total. The van der Waals surface area contributed by atoms with Crippen molar-refractivity contribution in [3.63, 3.8) is 0 Å². The van der Waals surface area contributed by atoms with Crippen LogP contribution in [0, 0.1) is 0 Å². The Morgan fingerprint density at radius 2 is 2.11 bits per heavy atom. The summed E-state index contributed by atoms with van der Waals surface area (Å²) in [5.74, 6) is -0.764. The maximum atomic E-state index is 11.6. The van der Waals surface area contributed by atoms with Gasteiger partial charge in [-0.1, -0.05) is 0 Å². The van der Waals surface area contributed by atoms with Crippen LogP contribution in [0.3, 0.4) is 0 Å². The van der Waals surface area contributed by atoms with Gasteiger partial charge in [-0.3, -0.25) is 4.79 Å². The molecule has 0 aromatic rings. The molecule has 2 fully saturated rings. The van der Waals surface area contributed by atoms with Crippen LogP contribution in [0.5, 0.6) is 0 Å². The van der Waals surface area contributed by atoms with Gasteiger partial charge in [0.15, 0.2) is 0 Å². The van der Waals surface area contributed by atoms with Crippen LogP contribution in [0.15, 0.2) is 0 Å². The largest absolute Gasteiger partial charge is 0.481 e. The zero-order valence-electron chi connectivity index (χ0n) is 10.7. The van der Waals surface area contributed by atoms with E-state index in [-0.39, 0.29) is 18.1 Å². The van der Waals surface area contributed by atoms with Crippen molar-refractivity contribution in [1.82, 2.24) is 9.80 Å². The molecule has 6 heteroatoms. The molecule has 2 aliphatic rings. The first kappa shape index (κ1) is 13.1. The van der Waals surface area contributed by atoms with E-state index >= 15 is 0 Å². The Labute approximate surface area is 106 Å². The number of carbonyl (C=O) groups is 2. The molecule has 0 saturated carbocycles. The van der Waals surface area contributed by atoms with E-state index in [9.17, 15) is 9.59 Å². The van der Waals surface area contributed by atoms with E-state index in [0.717, 1.165) is 25.9 Å². The van der Waals surface area contributed by atoms with E-state index < -0.39 is 5.97 Å². The van der Waals surface area contributed by atoms with Gasteiger partial charge in [0.2, 0.25) is 0 Å². The molecule has 0 atom stereocenters. The summed E-state index contributed by atoms with van der Waals surface area (Å²) in [6.07, 6.45) is 1.56. The fraction of sp³-hybridized carbons (Fsp3) is 0.833. The zero-order valence-corrected chi connectivity index (χ0v) is 10.7. The fourth-order valence-corrected chi connectivity index (χ4v) is 2.63. The summed E-state index contributed by atoms with van der Waals surface area (Å²) < 4.78 is 5.51. The number of amides is 1. The van der Waals surface area contributed by atoms with Crippen molar-refractivity contribution < 1.29 is 19.4 Å². The van der Waals surface area contributed by atoms with E-state index in [1.807, 2.05) is 6.92 Å². The van der Waals surface area contributed by atoms with Crippen molar-refractivity contribution >= 4 is 12.1 Å². The Morgan fingerprint density at radius 1 is 1.44 bits per heavy atom. The van der Waals surface area contributed by atoms with Gasteiger partial charge in [0, 0.05) is 39.0 Å². The minimum Gasteiger partial charge on any atom is -0.481 e. The molecule has 0 aromatic heterocycles. The molecule has 1 spiro atoms. The highest BCUT2D eigenvalue weighted by Gasteiger charge is 2.46. The average Bonchev–Trinajstić information content (AvgIpc) is 2.65. The lowest BCUT2D eigenvalue weighted by Gasteiger charge is -2.37. The van der Waals surface area contributed by atoms with E-state index in [1.54, 1.807) is 4.90 Å². The third-order valence-electron chi connectivity index (χ3n) is 3.83. The predicted octanol–water partition coefficient (Wildman–Crippen LogP) is 0.768. The topological polar surface area (TPSA) is 70.1 Å². The first-order chi connectivity index (χ1) is 8.54. The summed E-state index contributed by atoms with van der Waals surface area (Å²) in [4.78, 5) is 26.0. The Bertz CT molecular complexity index is 337. The monoisotopic (exact) mass is 256 g/mol. The number of carboxylic acid groups (broad SMARTS) is 1. The van der Waals surface area contributed by atoms with Gasteiger partial charge in [-0.05, 0) is 6.92 Å². The van der Waals surface area contributed by atoms with Crippen molar-refractivity contribution in [2.45, 2.75) is 31.8 Å². The van der Waals surface area contributed by atoms with Gasteiger partial charge in [-0.15, -0.1) is 0 Å². The molecule has 102 valence electrons. The summed E-state index contributed by atoms with van der Waals surface area (Å²) in [5, 5.41) is 8.65. The third kappa shape index (κ3) is 2.75. The number of piperidine rings is 1. The van der Waals surface area contributed by atoms with E-state index in [0.29, 0.717) is 19.6 Å². The normalized spacial score (nSPS) is 23.4. The lowest BCUT2D eigenvalue weighted by Crippen LogP contribution is -2.47. The molecule has 18 heavy (non-hydrogen) atoms. The van der Waals surface area contributed by atoms with Gasteiger partial charge in [0.05, 0.1) is 13.0 Å². The van der Waals surface area contributed by atoms with Crippen LogP contribution in [-0.2, 0) is 9.53 Å². The Kier molecular flexibility index (Phi) is 3.75. The smallest absolute Gasteiger partial charge is 0.410 e. The van der Waals surface area contributed by atoms with Crippen LogP contribution in [0.4, 0.5) is 4.79 Å². The van der Waals surface area contributed by atoms with Crippen LogP contribution in [0.2, 0.25) is 0 Å². The van der Waals surface area contributed by atoms with Crippen LogP contribution < -0.4 is 0 Å². The number of carboxylic acids is 1. The summed E-state index contributed by atoms with van der Waals surface area (Å²) >= 11 is 0. The fourth-order valence-electron chi connectivity index (χ4n) is 2.63. The molecule has 0 radical (unpaired) electrons. The standard InChI is InChI=1S/C12H20N2O4/c1-2-14-9-12(18-11(14)17)4-7-13(8-5-12)6-3-10(15)16/h2-9H2,1H3,(H,15,16). The number of likely N-dealkylation sites (tertiary alicyclic amines) is 1. The molecule has 2 aliphatic heterocycles. The Balaban J connectivity index is 1.83. The minimum atomic E-state index is -0.764. The predicted molar refractivity (Wildman–Crippen MR) is 64.4 cm³/mol. The summed E-state index contributed by atoms with van der Waals surface area (Å²) in [5.41, 5.74) is -0.327. The van der Waals surface area contributed by atoms with Crippen LogP contribution in [0.25, 0.3) is 0 Å². The van der Waals surface area contributed by atoms with Gasteiger partial charge in [0.25, 0.3) is 0 Å². The maximum absolute atomic E-state index is 11.6. The first-order valence-corrected chi connectivity index (χ1v) is 6.47. The minimum absolute atomic E-state index is 0.174. The summed E-state index contributed by atoms with van der Waals surface area (Å²) in [6.45, 7) is 5.49. The lowest BCUT2D eigenvalue weighted by molar-refractivity contribution is -0.137. The number of likely N-dealkylation sites (N-methyl/N-ethyl adjacent to an activating group) is 1. The van der Waals surface area contributed by atoms with Gasteiger partial charge in [0.1, 0.15) is 5.60 Å². The van der Waals surface area contributed by atoms with Crippen LogP contribution >= 0.6 is 0 Å². The van der Waals surface area contributed by atoms with E-state index in [2.05, 4.69) is 4.90 Å². The van der Waals surface area contributed by atoms with Crippen molar-refractivity contribution in [3.8, 4) is 0 Å². The highest BCUT2D eigenvalue weighted by molar-refractivity contribution is 5.70. The SMILES string of the molecule is CCN1CC2(CCN(CCC(=O)O)CC2)OC1=O. The second-order valence-electron chi connectivity index (χ2n) is 5.05. The molecule has 0 bridgehead atoms. The highest BCUT2D eigenvalue weighted by Crippen LogP contribution is 2.32. The zero-order chi connectivity index (χ0) is 13.2. The van der Waals surface area contributed by atoms with Gasteiger partial charge < -0.3 is 19.6 Å². The van der Waals surface area contributed by atoms with E-state index in [1.165, 1.54) is 0 Å². The van der Waals surface area contributed by atoms with Gasteiger partial charge in [-0.25, -0.2) is 4.79 Å². The number of ether oxygens (including phenoxy) is 1. The molecular weight excluding hydrogens is 236 g/mol. The quantitative estimate of drug-likeness (QED) is 0.804. The van der Waals surface area contributed by atoms with E-state index in [4.69, 9.17) is 9.84 Å². The second-order valence-corrected chi connectivity index (χ2v) is 5.05. The van der Waals surface area contributed by atoms with Gasteiger partial charge >= 0.3 is 12.1 Å². The Hall–Kier alpha value is -1.30. The molecule has 0 unspecified atom stereocenters.